The van der Waals surface area contributed by atoms with Crippen LogP contribution in [0.1, 0.15) is 90.4 Å². The highest BCUT2D eigenvalue weighted by Gasteiger charge is 2.44. The highest BCUT2D eigenvalue weighted by Crippen LogP contribution is 2.53. The predicted molar refractivity (Wildman–Crippen MR) is 92.2 cm³/mol. The first-order valence-corrected chi connectivity index (χ1v) is 10.2. The van der Waals surface area contributed by atoms with Gasteiger partial charge in [0.15, 0.2) is 0 Å². The Labute approximate surface area is 137 Å². The van der Waals surface area contributed by atoms with Gasteiger partial charge in [-0.3, -0.25) is 0 Å². The third-order valence-corrected chi connectivity index (χ3v) is 7.30. The van der Waals surface area contributed by atoms with Crippen molar-refractivity contribution in [1.82, 2.24) is 0 Å². The number of nitrogens with zero attached hydrogens (tertiary/aromatic N) is 1. The van der Waals surface area contributed by atoms with Crippen LogP contribution >= 0.6 is 0 Å². The van der Waals surface area contributed by atoms with Crippen LogP contribution in [0.15, 0.2) is 0 Å². The summed E-state index contributed by atoms with van der Waals surface area (Å²) in [6.45, 7) is 2.31. The monoisotopic (exact) mass is 301 g/mol. The summed E-state index contributed by atoms with van der Waals surface area (Å²) in [5.74, 6) is 5.40. The number of rotatable bonds is 5. The molecule has 6 atom stereocenters. The van der Waals surface area contributed by atoms with Gasteiger partial charge in [-0.15, -0.1) is 0 Å². The first-order valence-electron chi connectivity index (χ1n) is 10.2. The Kier molecular flexibility index (Phi) is 5.83. The van der Waals surface area contributed by atoms with Crippen LogP contribution in [0.4, 0.5) is 0 Å². The zero-order valence-corrected chi connectivity index (χ0v) is 14.6. The van der Waals surface area contributed by atoms with Crippen LogP contribution in [0.3, 0.4) is 0 Å². The van der Waals surface area contributed by atoms with E-state index in [-0.39, 0.29) is 0 Å². The molecule has 0 spiro atoms. The lowest BCUT2D eigenvalue weighted by atomic mass is 9.55. The summed E-state index contributed by atoms with van der Waals surface area (Å²) < 4.78 is 0. The summed E-state index contributed by atoms with van der Waals surface area (Å²) in [5.41, 5.74) is 0. The molecule has 0 aromatic heterocycles. The average Bonchev–Trinajstić information content (AvgIpc) is 2.57. The number of unbranched alkanes of at least 4 members (excludes halogenated alkanes) is 3. The van der Waals surface area contributed by atoms with Crippen LogP contribution in [0.2, 0.25) is 0 Å². The molecule has 0 saturated heterocycles. The van der Waals surface area contributed by atoms with Crippen LogP contribution in [-0.4, -0.2) is 0 Å². The Morgan fingerprint density at radius 2 is 1.55 bits per heavy atom. The zero-order valence-electron chi connectivity index (χ0n) is 14.6. The molecule has 3 aliphatic carbocycles. The summed E-state index contributed by atoms with van der Waals surface area (Å²) >= 11 is 0. The molecule has 1 heteroatoms. The molecule has 3 rings (SSSR count). The largest absolute Gasteiger partial charge is 0.198 e. The summed E-state index contributed by atoms with van der Waals surface area (Å²) in [6, 6.07) is 2.55. The molecule has 0 radical (unpaired) electrons. The van der Waals surface area contributed by atoms with E-state index in [1.54, 1.807) is 6.42 Å². The molecular weight excluding hydrogens is 266 g/mol. The molecular formula is C21H35N. The van der Waals surface area contributed by atoms with Gasteiger partial charge >= 0.3 is 0 Å². The Hall–Kier alpha value is -0.510. The van der Waals surface area contributed by atoms with Crippen molar-refractivity contribution < 1.29 is 0 Å². The second kappa shape index (κ2) is 7.85. The van der Waals surface area contributed by atoms with E-state index in [9.17, 15) is 5.26 Å². The standard InChI is InChI=1S/C21H35N/c1-2-3-4-5-6-16-7-11-20-18(13-16)9-10-19-14-17(15-22)8-12-21(19)20/h16-21H,2-14H2,1H3. The Balaban J connectivity index is 1.48. The molecule has 0 aromatic carbocycles. The second-order valence-corrected chi connectivity index (χ2v) is 8.59. The van der Waals surface area contributed by atoms with Crippen molar-refractivity contribution in [3.05, 3.63) is 0 Å². The third kappa shape index (κ3) is 3.69. The van der Waals surface area contributed by atoms with Crippen LogP contribution in [-0.2, 0) is 0 Å². The summed E-state index contributed by atoms with van der Waals surface area (Å²) in [5, 5.41) is 9.22. The van der Waals surface area contributed by atoms with Gasteiger partial charge in [-0.05, 0) is 74.5 Å². The molecule has 6 unspecified atom stereocenters. The SMILES string of the molecule is CCCCCCC1CCC2C(CCC3CC(C#N)CCC32)C1. The number of fused-ring (bicyclic) bond motifs is 3. The maximum absolute atomic E-state index is 9.22. The van der Waals surface area contributed by atoms with E-state index >= 15 is 0 Å². The number of hydrogen-bond acceptors (Lipinski definition) is 1. The lowest BCUT2D eigenvalue weighted by Crippen LogP contribution is -2.41. The highest BCUT2D eigenvalue weighted by atomic mass is 14.5. The Morgan fingerprint density at radius 1 is 0.818 bits per heavy atom. The van der Waals surface area contributed by atoms with Crippen LogP contribution in [0, 0.1) is 46.8 Å². The van der Waals surface area contributed by atoms with Gasteiger partial charge in [-0.25, -0.2) is 0 Å². The van der Waals surface area contributed by atoms with Gasteiger partial charge in [-0.1, -0.05) is 45.4 Å². The van der Waals surface area contributed by atoms with Crippen molar-refractivity contribution in [3.63, 3.8) is 0 Å². The summed E-state index contributed by atoms with van der Waals surface area (Å²) in [6.07, 6.45) is 18.5. The van der Waals surface area contributed by atoms with Gasteiger partial charge in [0.2, 0.25) is 0 Å². The second-order valence-electron chi connectivity index (χ2n) is 8.59. The minimum absolute atomic E-state index is 0.382. The quantitative estimate of drug-likeness (QED) is 0.543. The van der Waals surface area contributed by atoms with E-state index in [1.165, 1.54) is 77.0 Å². The molecule has 1 nitrogen and oxygen atoms in total. The fraction of sp³-hybridized carbons (Fsp3) is 0.952. The Bertz CT molecular complexity index is 382. The van der Waals surface area contributed by atoms with Crippen LogP contribution in [0.5, 0.6) is 0 Å². The minimum atomic E-state index is 0.382. The molecule has 3 saturated carbocycles. The lowest BCUT2D eigenvalue weighted by molar-refractivity contribution is 0.00278. The lowest BCUT2D eigenvalue weighted by Gasteiger charge is -2.50. The molecule has 124 valence electrons. The van der Waals surface area contributed by atoms with Crippen LogP contribution < -0.4 is 0 Å². The molecule has 22 heavy (non-hydrogen) atoms. The van der Waals surface area contributed by atoms with Gasteiger partial charge in [0.05, 0.1) is 6.07 Å². The predicted octanol–water partition coefficient (Wildman–Crippen LogP) is 6.34. The van der Waals surface area contributed by atoms with Crippen molar-refractivity contribution in [1.29, 1.82) is 5.26 Å². The molecule has 0 heterocycles. The topological polar surface area (TPSA) is 23.8 Å². The van der Waals surface area contributed by atoms with Crippen LogP contribution in [0.25, 0.3) is 0 Å². The van der Waals surface area contributed by atoms with Crippen molar-refractivity contribution in [2.24, 2.45) is 35.5 Å². The van der Waals surface area contributed by atoms with Gasteiger partial charge in [0.25, 0.3) is 0 Å². The van der Waals surface area contributed by atoms with Crippen molar-refractivity contribution in [3.8, 4) is 6.07 Å². The van der Waals surface area contributed by atoms with Gasteiger partial charge < -0.3 is 0 Å². The van der Waals surface area contributed by atoms with E-state index < -0.39 is 0 Å². The van der Waals surface area contributed by atoms with Crippen molar-refractivity contribution >= 4 is 0 Å². The van der Waals surface area contributed by atoms with E-state index in [0.29, 0.717) is 5.92 Å². The smallest absolute Gasteiger partial charge is 0.0655 e. The fourth-order valence-corrected chi connectivity index (χ4v) is 6.13. The molecule has 3 fully saturated rings. The van der Waals surface area contributed by atoms with E-state index in [2.05, 4.69) is 13.0 Å². The fourth-order valence-electron chi connectivity index (χ4n) is 6.13. The van der Waals surface area contributed by atoms with Crippen molar-refractivity contribution in [2.45, 2.75) is 90.4 Å². The van der Waals surface area contributed by atoms with E-state index in [4.69, 9.17) is 0 Å². The van der Waals surface area contributed by atoms with Gasteiger partial charge in [-0.2, -0.15) is 5.26 Å². The summed E-state index contributed by atoms with van der Waals surface area (Å²) in [7, 11) is 0. The molecule has 0 amide bonds. The first-order chi connectivity index (χ1) is 10.8. The van der Waals surface area contributed by atoms with E-state index in [0.717, 1.165) is 29.6 Å². The molecule has 0 aliphatic heterocycles. The maximum atomic E-state index is 9.22. The zero-order chi connectivity index (χ0) is 15.4. The van der Waals surface area contributed by atoms with Crippen molar-refractivity contribution in [2.75, 3.05) is 0 Å². The molecule has 3 aliphatic rings. The normalized spacial score (nSPS) is 41.3. The molecule has 0 aromatic rings. The van der Waals surface area contributed by atoms with Gasteiger partial charge in [0, 0.05) is 5.92 Å². The Morgan fingerprint density at radius 3 is 2.27 bits per heavy atom. The van der Waals surface area contributed by atoms with E-state index in [1.807, 2.05) is 0 Å². The third-order valence-electron chi connectivity index (χ3n) is 7.30. The first kappa shape index (κ1) is 16.4. The highest BCUT2D eigenvalue weighted by molar-refractivity contribution is 4.98. The average molecular weight is 302 g/mol. The molecule has 0 N–H and O–H groups in total. The van der Waals surface area contributed by atoms with Gasteiger partial charge in [0.1, 0.15) is 0 Å². The number of hydrogen-bond donors (Lipinski definition) is 0. The maximum Gasteiger partial charge on any atom is 0.0655 e. The summed E-state index contributed by atoms with van der Waals surface area (Å²) in [4.78, 5) is 0. The minimum Gasteiger partial charge on any atom is -0.198 e. The number of nitriles is 1. The molecule has 0 bridgehead atoms.